The van der Waals surface area contributed by atoms with Gasteiger partial charge in [-0.2, -0.15) is 0 Å². The summed E-state index contributed by atoms with van der Waals surface area (Å²) in [5.41, 5.74) is 0. The number of allylic oxidation sites excluding steroid dienone is 4. The third kappa shape index (κ3) is 28.8. The van der Waals surface area contributed by atoms with Crippen LogP contribution in [0.4, 0.5) is 0 Å². The van der Waals surface area contributed by atoms with E-state index in [0.717, 1.165) is 76.0 Å². The molecule has 2 atom stereocenters. The molecule has 0 amide bonds. The van der Waals surface area contributed by atoms with Crippen molar-refractivity contribution in [1.82, 2.24) is 0 Å². The van der Waals surface area contributed by atoms with E-state index in [-0.39, 0.29) is 12.2 Å². The Kier molecular flexibility index (Phi) is 32.1. The predicted octanol–water partition coefficient (Wildman–Crippen LogP) is 11.1. The van der Waals surface area contributed by atoms with Gasteiger partial charge in [0.15, 0.2) is 0 Å². The molecule has 0 aromatic carbocycles. The molecule has 0 aliphatic carbocycles. The molecule has 220 valence electrons. The number of ether oxygens (including phenoxy) is 3. The van der Waals surface area contributed by atoms with E-state index in [1.54, 1.807) is 0 Å². The van der Waals surface area contributed by atoms with Gasteiger partial charge in [-0.05, 0) is 77.0 Å². The van der Waals surface area contributed by atoms with Crippen LogP contribution in [-0.2, 0) is 14.2 Å². The van der Waals surface area contributed by atoms with Crippen LogP contribution in [0.1, 0.15) is 142 Å². The number of unbranched alkanes of at least 4 members (excludes halogenated alkanes) is 10. The molecule has 0 saturated heterocycles. The van der Waals surface area contributed by atoms with Crippen molar-refractivity contribution in [2.24, 2.45) is 0 Å². The van der Waals surface area contributed by atoms with Gasteiger partial charge in [0.25, 0.3) is 0 Å². The molecule has 0 rings (SSSR count). The first-order chi connectivity index (χ1) is 18.3. The molecular weight excluding hydrogens is 503 g/mol. The Morgan fingerprint density at radius 1 is 0.486 bits per heavy atom. The molecule has 37 heavy (non-hydrogen) atoms. The molecule has 0 N–H and O–H groups in total. The summed E-state index contributed by atoms with van der Waals surface area (Å²) in [7, 11) is 0. The van der Waals surface area contributed by atoms with Gasteiger partial charge < -0.3 is 14.2 Å². The zero-order chi connectivity index (χ0) is 27.1. The van der Waals surface area contributed by atoms with Crippen LogP contribution in [0.25, 0.3) is 0 Å². The second-order valence-corrected chi connectivity index (χ2v) is 10.9. The van der Waals surface area contributed by atoms with Crippen LogP contribution in [0.2, 0.25) is 0 Å². The lowest BCUT2D eigenvalue weighted by atomic mass is 10.1. The summed E-state index contributed by atoms with van der Waals surface area (Å²) in [6, 6.07) is 0. The lowest BCUT2D eigenvalue weighted by Crippen LogP contribution is -2.18. The Morgan fingerprint density at radius 2 is 0.865 bits per heavy atom. The summed E-state index contributed by atoms with van der Waals surface area (Å²) in [5, 5.41) is 0. The Morgan fingerprint density at radius 3 is 1.27 bits per heavy atom. The minimum absolute atomic E-state index is 0.266. The van der Waals surface area contributed by atoms with Crippen LogP contribution in [0.5, 0.6) is 0 Å². The lowest BCUT2D eigenvalue weighted by molar-refractivity contribution is -0.167. The van der Waals surface area contributed by atoms with Crippen molar-refractivity contribution in [2.75, 3.05) is 25.3 Å². The molecule has 0 aliphatic rings. The first-order valence-corrected chi connectivity index (χ1v) is 16.6. The summed E-state index contributed by atoms with van der Waals surface area (Å²) in [4.78, 5) is 0. The van der Waals surface area contributed by atoms with Gasteiger partial charge in [-0.15, -0.1) is 23.2 Å². The Hall–Kier alpha value is -0.0600. The monoisotopic (exact) mass is 562 g/mol. The summed E-state index contributed by atoms with van der Waals surface area (Å²) >= 11 is 11.4. The molecule has 0 aliphatic heterocycles. The van der Waals surface area contributed by atoms with E-state index in [9.17, 15) is 0 Å². The van der Waals surface area contributed by atoms with Crippen LogP contribution in [0.15, 0.2) is 24.3 Å². The second kappa shape index (κ2) is 32.2. The average molecular weight is 564 g/mol. The fraction of sp³-hybridized carbons (Fsp3) is 0.875. The molecule has 0 spiro atoms. The van der Waals surface area contributed by atoms with Gasteiger partial charge in [0.1, 0.15) is 13.6 Å². The number of rotatable bonds is 30. The molecule has 2 unspecified atom stereocenters. The van der Waals surface area contributed by atoms with E-state index in [1.807, 2.05) is 0 Å². The number of halogens is 2. The standard InChI is InChI=1S/C32H60Cl2O3/c1-3-23-31(25-19-15-11-7-5-9-13-17-21-27-33)36-29-35-30-37-32(24-4-2)26-20-16-12-8-6-10-14-18-22-28-34/h11-12,15-16,31-32H,3-10,13-14,17-30H2,1-2H3. The molecule has 0 aromatic heterocycles. The predicted molar refractivity (Wildman–Crippen MR) is 164 cm³/mol. The minimum Gasteiger partial charge on any atom is -0.352 e. The molecule has 0 bridgehead atoms. The maximum atomic E-state index is 6.01. The van der Waals surface area contributed by atoms with E-state index in [2.05, 4.69) is 38.2 Å². The normalized spacial score (nSPS) is 13.7. The van der Waals surface area contributed by atoms with Crippen LogP contribution >= 0.6 is 23.2 Å². The fourth-order valence-electron chi connectivity index (χ4n) is 4.40. The topological polar surface area (TPSA) is 27.7 Å². The summed E-state index contributed by atoms with van der Waals surface area (Å²) in [6.07, 6.45) is 33.6. The van der Waals surface area contributed by atoms with E-state index in [4.69, 9.17) is 37.4 Å². The van der Waals surface area contributed by atoms with E-state index < -0.39 is 0 Å². The zero-order valence-corrected chi connectivity index (χ0v) is 25.9. The van der Waals surface area contributed by atoms with Crippen molar-refractivity contribution in [3.63, 3.8) is 0 Å². The Labute approximate surface area is 241 Å². The van der Waals surface area contributed by atoms with Crippen LogP contribution in [0.3, 0.4) is 0 Å². The third-order valence-corrected chi connectivity index (χ3v) is 7.18. The Balaban J connectivity index is 3.86. The first kappa shape index (κ1) is 36.9. The number of alkyl halides is 2. The Bertz CT molecular complexity index is 443. The van der Waals surface area contributed by atoms with Crippen molar-refractivity contribution in [2.45, 2.75) is 154 Å². The summed E-state index contributed by atoms with van der Waals surface area (Å²) < 4.78 is 17.7. The zero-order valence-electron chi connectivity index (χ0n) is 24.4. The number of hydrogen-bond acceptors (Lipinski definition) is 3. The highest BCUT2D eigenvalue weighted by atomic mass is 35.5. The van der Waals surface area contributed by atoms with E-state index >= 15 is 0 Å². The minimum atomic E-state index is 0.266. The van der Waals surface area contributed by atoms with Crippen LogP contribution in [0, 0.1) is 0 Å². The second-order valence-electron chi connectivity index (χ2n) is 10.2. The quantitative estimate of drug-likeness (QED) is 0.0376. The largest absolute Gasteiger partial charge is 0.352 e. The SMILES string of the molecule is CCCC(CCC=CCCCCCCCCl)OCOCOC(CCC)CCC=CCCCCCCCCl. The summed E-state index contributed by atoms with van der Waals surface area (Å²) in [6.45, 7) is 5.07. The van der Waals surface area contributed by atoms with Crippen LogP contribution < -0.4 is 0 Å². The first-order valence-electron chi connectivity index (χ1n) is 15.5. The number of hydrogen-bond donors (Lipinski definition) is 0. The maximum absolute atomic E-state index is 6.01. The molecule has 5 heteroatoms. The van der Waals surface area contributed by atoms with Crippen molar-refractivity contribution < 1.29 is 14.2 Å². The molecule has 0 fully saturated rings. The van der Waals surface area contributed by atoms with Gasteiger partial charge >= 0.3 is 0 Å². The smallest absolute Gasteiger partial charge is 0.149 e. The highest BCUT2D eigenvalue weighted by Crippen LogP contribution is 2.14. The van der Waals surface area contributed by atoms with Gasteiger partial charge in [0.2, 0.25) is 0 Å². The molecule has 0 radical (unpaired) electrons. The third-order valence-electron chi connectivity index (χ3n) is 6.65. The molecular formula is C32H60Cl2O3. The molecule has 0 aromatic rings. The van der Waals surface area contributed by atoms with Crippen molar-refractivity contribution >= 4 is 23.2 Å². The summed E-state index contributed by atoms with van der Waals surface area (Å²) in [5.74, 6) is 1.60. The molecule has 0 heterocycles. The van der Waals surface area contributed by atoms with Crippen molar-refractivity contribution in [3.05, 3.63) is 24.3 Å². The van der Waals surface area contributed by atoms with Gasteiger partial charge in [0, 0.05) is 11.8 Å². The van der Waals surface area contributed by atoms with Gasteiger partial charge in [-0.3, -0.25) is 0 Å². The highest BCUT2D eigenvalue weighted by Gasteiger charge is 2.09. The van der Waals surface area contributed by atoms with E-state index in [0.29, 0.717) is 13.6 Å². The molecule has 0 saturated carbocycles. The van der Waals surface area contributed by atoms with Gasteiger partial charge in [-0.1, -0.05) is 89.5 Å². The van der Waals surface area contributed by atoms with Gasteiger partial charge in [-0.25, -0.2) is 0 Å². The fourth-order valence-corrected chi connectivity index (χ4v) is 4.78. The average Bonchev–Trinajstić information content (AvgIpc) is 2.90. The molecule has 3 nitrogen and oxygen atoms in total. The van der Waals surface area contributed by atoms with Crippen LogP contribution in [-0.4, -0.2) is 37.6 Å². The van der Waals surface area contributed by atoms with Gasteiger partial charge in [0.05, 0.1) is 12.2 Å². The van der Waals surface area contributed by atoms with Crippen molar-refractivity contribution in [3.8, 4) is 0 Å². The lowest BCUT2D eigenvalue weighted by Gasteiger charge is -2.19. The van der Waals surface area contributed by atoms with E-state index in [1.165, 1.54) is 64.2 Å². The maximum Gasteiger partial charge on any atom is 0.149 e. The highest BCUT2D eigenvalue weighted by molar-refractivity contribution is 6.18. The van der Waals surface area contributed by atoms with Crippen molar-refractivity contribution in [1.29, 1.82) is 0 Å².